The summed E-state index contributed by atoms with van der Waals surface area (Å²) in [6.45, 7) is 1.34. The number of methoxy groups -OCH3 is 2. The maximum atomic E-state index is 13.8. The molecule has 2 heterocycles. The van der Waals surface area contributed by atoms with Crippen LogP contribution in [0.3, 0.4) is 0 Å². The van der Waals surface area contributed by atoms with Crippen molar-refractivity contribution in [1.29, 1.82) is 0 Å². The molecule has 0 spiro atoms. The third-order valence-electron chi connectivity index (χ3n) is 4.68. The van der Waals surface area contributed by atoms with Crippen LogP contribution in [0.2, 0.25) is 0 Å². The van der Waals surface area contributed by atoms with E-state index in [1.807, 2.05) is 0 Å². The van der Waals surface area contributed by atoms with Crippen molar-refractivity contribution < 1.29 is 22.6 Å². The molecular weight excluding hydrogens is 445 g/mol. The van der Waals surface area contributed by atoms with Crippen LogP contribution >= 0.6 is 11.3 Å². The van der Waals surface area contributed by atoms with Crippen molar-refractivity contribution in [2.45, 2.75) is 13.1 Å². The summed E-state index contributed by atoms with van der Waals surface area (Å²) in [5.74, 6) is 0.786. The van der Waals surface area contributed by atoms with E-state index in [9.17, 15) is 18.0 Å². The molecule has 0 saturated heterocycles. The van der Waals surface area contributed by atoms with E-state index in [0.717, 1.165) is 20.7 Å². The Morgan fingerprint density at radius 2 is 1.91 bits per heavy atom. The van der Waals surface area contributed by atoms with Gasteiger partial charge in [-0.2, -0.15) is 17.9 Å². The minimum absolute atomic E-state index is 0.0998. The first-order valence-corrected chi connectivity index (χ1v) is 10.1. The Labute approximate surface area is 183 Å². The van der Waals surface area contributed by atoms with E-state index in [4.69, 9.17) is 9.47 Å². The Hall–Kier alpha value is -3.60. The molecule has 0 bridgehead atoms. The number of aromatic nitrogens is 3. The normalized spacial score (nSPS) is 12.4. The fraction of sp³-hybridized carbons (Fsp3) is 0.190. The molecular formula is C21H17F3N4O3S. The molecule has 0 aliphatic heterocycles. The molecule has 2 aromatic carbocycles. The number of nitrogens with one attached hydrogen (secondary N) is 1. The first kappa shape index (κ1) is 21.6. The molecule has 0 saturated carbocycles. The number of thiazole rings is 1. The summed E-state index contributed by atoms with van der Waals surface area (Å²) in [4.78, 5) is 21.6. The minimum Gasteiger partial charge on any atom is -0.497 e. The SMILES string of the molecule is COc1ccc(N=C(C)c2c(C(F)(F)F)[nH]n(-c3nc4ccccc4s3)c2=O)c(OC)c1. The molecule has 0 fully saturated rings. The number of ether oxygens (including phenoxy) is 2. The molecule has 11 heteroatoms. The van der Waals surface area contributed by atoms with Gasteiger partial charge >= 0.3 is 6.18 Å². The zero-order valence-electron chi connectivity index (χ0n) is 17.1. The van der Waals surface area contributed by atoms with Crippen LogP contribution < -0.4 is 15.0 Å². The molecule has 7 nitrogen and oxygen atoms in total. The Kier molecular flexibility index (Phi) is 5.51. The highest BCUT2D eigenvalue weighted by Crippen LogP contribution is 2.34. The second-order valence-electron chi connectivity index (χ2n) is 6.70. The van der Waals surface area contributed by atoms with Crippen molar-refractivity contribution >= 4 is 33.0 Å². The lowest BCUT2D eigenvalue weighted by atomic mass is 10.1. The van der Waals surface area contributed by atoms with Gasteiger partial charge in [0.2, 0.25) is 5.13 Å². The maximum Gasteiger partial charge on any atom is 0.433 e. The van der Waals surface area contributed by atoms with E-state index in [-0.39, 0.29) is 16.5 Å². The predicted octanol–water partition coefficient (Wildman–Crippen LogP) is 4.95. The second kappa shape index (κ2) is 8.15. The van der Waals surface area contributed by atoms with Crippen LogP contribution in [0.5, 0.6) is 11.5 Å². The quantitative estimate of drug-likeness (QED) is 0.426. The van der Waals surface area contributed by atoms with Gasteiger partial charge in [-0.1, -0.05) is 23.5 Å². The minimum atomic E-state index is -4.81. The zero-order chi connectivity index (χ0) is 23.0. The highest BCUT2D eigenvalue weighted by Gasteiger charge is 2.39. The van der Waals surface area contributed by atoms with Gasteiger partial charge in [-0.05, 0) is 31.2 Å². The van der Waals surface area contributed by atoms with E-state index in [0.29, 0.717) is 17.0 Å². The van der Waals surface area contributed by atoms with Gasteiger partial charge in [0.25, 0.3) is 5.56 Å². The molecule has 0 aliphatic carbocycles. The highest BCUT2D eigenvalue weighted by atomic mass is 32.1. The molecule has 0 radical (unpaired) electrons. The number of H-pyrrole nitrogens is 1. The number of halogens is 3. The van der Waals surface area contributed by atoms with E-state index in [2.05, 4.69) is 15.1 Å². The van der Waals surface area contributed by atoms with E-state index in [1.165, 1.54) is 27.2 Å². The van der Waals surface area contributed by atoms with Crippen molar-refractivity contribution in [1.82, 2.24) is 14.8 Å². The molecule has 4 aromatic rings. The third-order valence-corrected chi connectivity index (χ3v) is 5.71. The van der Waals surface area contributed by atoms with Crippen LogP contribution in [0, 0.1) is 0 Å². The summed E-state index contributed by atoms with van der Waals surface area (Å²) in [7, 11) is 2.88. The summed E-state index contributed by atoms with van der Waals surface area (Å²) in [6, 6.07) is 11.7. The van der Waals surface area contributed by atoms with Crippen molar-refractivity contribution in [3.05, 3.63) is 64.1 Å². The smallest absolute Gasteiger partial charge is 0.433 e. The van der Waals surface area contributed by atoms with Gasteiger partial charge in [0.05, 0.1) is 35.7 Å². The Balaban J connectivity index is 1.88. The molecule has 32 heavy (non-hydrogen) atoms. The standard InChI is InChI=1S/C21H17F3N4O3S/c1-11(25-13-9-8-12(30-2)10-15(13)31-3)17-18(21(22,23)24)27-28(19(17)29)20-26-14-6-4-5-7-16(14)32-20/h4-10,27H,1-3H3. The Morgan fingerprint density at radius 3 is 2.56 bits per heavy atom. The van der Waals surface area contributed by atoms with Gasteiger partial charge < -0.3 is 9.47 Å². The van der Waals surface area contributed by atoms with Crippen LogP contribution in [0.1, 0.15) is 18.2 Å². The topological polar surface area (TPSA) is 81.5 Å². The Bertz CT molecular complexity index is 1350. The number of hydrogen-bond donors (Lipinski definition) is 1. The van der Waals surface area contributed by atoms with E-state index in [1.54, 1.807) is 36.4 Å². The molecule has 0 amide bonds. The van der Waals surface area contributed by atoms with E-state index >= 15 is 0 Å². The van der Waals surface area contributed by atoms with Gasteiger partial charge in [0.1, 0.15) is 17.2 Å². The number of benzene rings is 2. The second-order valence-corrected chi connectivity index (χ2v) is 7.71. The van der Waals surface area contributed by atoms with Crippen LogP contribution in [-0.4, -0.2) is 34.7 Å². The molecule has 2 aromatic heterocycles. The summed E-state index contributed by atoms with van der Waals surface area (Å²) in [5.41, 5.74) is -1.97. The molecule has 166 valence electrons. The number of alkyl halides is 3. The van der Waals surface area contributed by atoms with Crippen LogP contribution in [0.4, 0.5) is 18.9 Å². The van der Waals surface area contributed by atoms with Crippen LogP contribution in [0.25, 0.3) is 15.3 Å². The number of para-hydroxylation sites is 1. The molecule has 0 atom stereocenters. The number of nitrogens with zero attached hydrogens (tertiary/aromatic N) is 3. The third kappa shape index (κ3) is 3.86. The largest absolute Gasteiger partial charge is 0.497 e. The Morgan fingerprint density at radius 1 is 1.16 bits per heavy atom. The number of aliphatic imine (C=N–C) groups is 1. The van der Waals surface area contributed by atoms with Gasteiger partial charge in [-0.25, -0.2) is 9.98 Å². The van der Waals surface area contributed by atoms with Crippen molar-refractivity contribution in [3.63, 3.8) is 0 Å². The number of fused-ring (bicyclic) bond motifs is 1. The van der Waals surface area contributed by atoms with Gasteiger partial charge in [-0.3, -0.25) is 9.89 Å². The average Bonchev–Trinajstić information content (AvgIpc) is 3.34. The molecule has 1 N–H and O–H groups in total. The van der Waals surface area contributed by atoms with Crippen molar-refractivity contribution in [2.75, 3.05) is 14.2 Å². The predicted molar refractivity (Wildman–Crippen MR) is 116 cm³/mol. The number of rotatable bonds is 5. The fourth-order valence-electron chi connectivity index (χ4n) is 3.18. The van der Waals surface area contributed by atoms with Crippen LogP contribution in [0.15, 0.2) is 52.3 Å². The summed E-state index contributed by atoms with van der Waals surface area (Å²) in [5, 5.41) is 2.28. The van der Waals surface area contributed by atoms with Crippen molar-refractivity contribution in [2.24, 2.45) is 4.99 Å². The van der Waals surface area contributed by atoms with Crippen molar-refractivity contribution in [3.8, 4) is 16.6 Å². The van der Waals surface area contributed by atoms with Crippen LogP contribution in [-0.2, 0) is 6.18 Å². The molecule has 0 unspecified atom stereocenters. The average molecular weight is 462 g/mol. The summed E-state index contributed by atoms with van der Waals surface area (Å²) < 4.78 is 53.3. The first-order chi connectivity index (χ1) is 15.2. The lowest BCUT2D eigenvalue weighted by Crippen LogP contribution is -2.20. The fourth-order valence-corrected chi connectivity index (χ4v) is 4.11. The number of aromatic amines is 1. The summed E-state index contributed by atoms with van der Waals surface area (Å²) in [6.07, 6.45) is -4.81. The lowest BCUT2D eigenvalue weighted by Gasteiger charge is -2.09. The highest BCUT2D eigenvalue weighted by molar-refractivity contribution is 7.20. The van der Waals surface area contributed by atoms with Gasteiger partial charge in [0, 0.05) is 6.07 Å². The van der Waals surface area contributed by atoms with Gasteiger partial charge in [0.15, 0.2) is 5.69 Å². The zero-order valence-corrected chi connectivity index (χ0v) is 18.0. The van der Waals surface area contributed by atoms with E-state index < -0.39 is 23.0 Å². The monoisotopic (exact) mass is 462 g/mol. The maximum absolute atomic E-state index is 13.8. The summed E-state index contributed by atoms with van der Waals surface area (Å²) >= 11 is 1.10. The lowest BCUT2D eigenvalue weighted by molar-refractivity contribution is -0.141. The molecule has 4 rings (SSSR count). The van der Waals surface area contributed by atoms with Gasteiger partial charge in [-0.15, -0.1) is 0 Å². The molecule has 0 aliphatic rings. The number of hydrogen-bond acceptors (Lipinski definition) is 6. The first-order valence-electron chi connectivity index (χ1n) is 9.28.